The highest BCUT2D eigenvalue weighted by Crippen LogP contribution is 2.24. The Morgan fingerprint density at radius 1 is 1.29 bits per heavy atom. The summed E-state index contributed by atoms with van der Waals surface area (Å²) >= 11 is 0. The number of fused-ring (bicyclic) bond motifs is 1. The summed E-state index contributed by atoms with van der Waals surface area (Å²) in [7, 11) is 1.63. The minimum absolute atomic E-state index is 0.100. The van der Waals surface area contributed by atoms with Crippen molar-refractivity contribution in [3.8, 4) is 5.75 Å². The number of aromatic amines is 1. The second kappa shape index (κ2) is 4.82. The van der Waals surface area contributed by atoms with Crippen LogP contribution >= 0.6 is 0 Å². The van der Waals surface area contributed by atoms with Crippen molar-refractivity contribution < 1.29 is 9.90 Å². The predicted molar refractivity (Wildman–Crippen MR) is 81.3 cm³/mol. The van der Waals surface area contributed by atoms with Crippen molar-refractivity contribution in [3.63, 3.8) is 0 Å². The number of H-pyrrole nitrogens is 1. The third-order valence-electron chi connectivity index (χ3n) is 3.31. The minimum atomic E-state index is -0.280. The topological polar surface area (TPSA) is 95.2 Å². The van der Waals surface area contributed by atoms with Gasteiger partial charge in [-0.1, -0.05) is 6.07 Å². The molecule has 0 aliphatic heterocycles. The van der Waals surface area contributed by atoms with Crippen LogP contribution in [0, 0.1) is 0 Å². The molecule has 0 saturated heterocycles. The lowest BCUT2D eigenvalue weighted by atomic mass is 10.1. The van der Waals surface area contributed by atoms with Crippen LogP contribution in [0.5, 0.6) is 5.75 Å². The summed E-state index contributed by atoms with van der Waals surface area (Å²) in [4.78, 5) is 14.0. The lowest BCUT2D eigenvalue weighted by Crippen LogP contribution is -2.26. The standard InChI is InChI=1S/C15H14N4O2/c1-19(10-3-2-4-11(20)8-10)15(21)14-12-7-9(16)5-6-13(12)17-18-14/h2-8,20H,16H2,1H3,(H,17,18). The Balaban J connectivity index is 2.02. The number of phenolic OH excluding ortho intramolecular Hbond substituents is 1. The van der Waals surface area contributed by atoms with Gasteiger partial charge in [-0.25, -0.2) is 0 Å². The van der Waals surface area contributed by atoms with Gasteiger partial charge in [0, 0.05) is 29.9 Å². The quantitative estimate of drug-likeness (QED) is 0.627. The van der Waals surface area contributed by atoms with Gasteiger partial charge in [0.05, 0.1) is 5.52 Å². The first-order chi connectivity index (χ1) is 10.1. The van der Waals surface area contributed by atoms with E-state index in [9.17, 15) is 9.90 Å². The summed E-state index contributed by atoms with van der Waals surface area (Å²) in [6.45, 7) is 0. The number of anilines is 2. The Morgan fingerprint density at radius 3 is 2.86 bits per heavy atom. The Kier molecular flexibility index (Phi) is 2.98. The number of nitrogen functional groups attached to an aromatic ring is 1. The van der Waals surface area contributed by atoms with Gasteiger partial charge >= 0.3 is 0 Å². The summed E-state index contributed by atoms with van der Waals surface area (Å²) in [5.41, 5.74) is 7.95. The molecule has 6 heteroatoms. The van der Waals surface area contributed by atoms with E-state index in [2.05, 4.69) is 10.2 Å². The number of hydrogen-bond acceptors (Lipinski definition) is 4. The highest BCUT2D eigenvalue weighted by atomic mass is 16.3. The number of carbonyl (C=O) groups excluding carboxylic acids is 1. The van der Waals surface area contributed by atoms with E-state index in [0.29, 0.717) is 22.5 Å². The van der Waals surface area contributed by atoms with Crippen molar-refractivity contribution in [3.05, 3.63) is 48.2 Å². The van der Waals surface area contributed by atoms with Crippen LogP contribution in [0.1, 0.15) is 10.5 Å². The maximum Gasteiger partial charge on any atom is 0.279 e. The molecule has 2 aromatic carbocycles. The third kappa shape index (κ3) is 2.27. The first-order valence-electron chi connectivity index (χ1n) is 6.37. The number of amides is 1. The third-order valence-corrected chi connectivity index (χ3v) is 3.31. The molecule has 1 heterocycles. The van der Waals surface area contributed by atoms with Crippen LogP contribution in [0.4, 0.5) is 11.4 Å². The normalized spacial score (nSPS) is 10.7. The molecule has 106 valence electrons. The van der Waals surface area contributed by atoms with E-state index in [1.165, 1.54) is 11.0 Å². The van der Waals surface area contributed by atoms with Crippen molar-refractivity contribution >= 4 is 28.2 Å². The smallest absolute Gasteiger partial charge is 0.279 e. The lowest BCUT2D eigenvalue weighted by molar-refractivity contribution is 0.0990. The minimum Gasteiger partial charge on any atom is -0.508 e. The van der Waals surface area contributed by atoms with Crippen LogP contribution in [-0.4, -0.2) is 28.3 Å². The first-order valence-corrected chi connectivity index (χ1v) is 6.37. The van der Waals surface area contributed by atoms with Gasteiger partial charge in [0.1, 0.15) is 5.75 Å². The monoisotopic (exact) mass is 282 g/mol. The van der Waals surface area contributed by atoms with Crippen molar-refractivity contribution in [2.45, 2.75) is 0 Å². The van der Waals surface area contributed by atoms with E-state index in [4.69, 9.17) is 5.73 Å². The van der Waals surface area contributed by atoms with Gasteiger partial charge in [0.15, 0.2) is 5.69 Å². The Bertz CT molecular complexity index is 825. The number of aromatic hydroxyl groups is 1. The van der Waals surface area contributed by atoms with Crippen LogP contribution in [-0.2, 0) is 0 Å². The summed E-state index contributed by atoms with van der Waals surface area (Å²) in [6, 6.07) is 11.7. The van der Waals surface area contributed by atoms with Gasteiger partial charge in [-0.2, -0.15) is 5.10 Å². The fourth-order valence-electron chi connectivity index (χ4n) is 2.17. The zero-order valence-corrected chi connectivity index (χ0v) is 11.4. The first kappa shape index (κ1) is 13.0. The number of nitrogens with one attached hydrogen (secondary N) is 1. The van der Waals surface area contributed by atoms with Crippen molar-refractivity contribution in [2.24, 2.45) is 0 Å². The van der Waals surface area contributed by atoms with Crippen LogP contribution in [0.2, 0.25) is 0 Å². The molecular weight excluding hydrogens is 268 g/mol. The van der Waals surface area contributed by atoms with E-state index in [0.717, 1.165) is 5.52 Å². The van der Waals surface area contributed by atoms with Gasteiger partial charge in [0.25, 0.3) is 5.91 Å². The highest BCUT2D eigenvalue weighted by molar-refractivity contribution is 6.12. The molecule has 0 unspecified atom stereocenters. The number of phenols is 1. The van der Waals surface area contributed by atoms with Gasteiger partial charge in [0.2, 0.25) is 0 Å². The second-order valence-corrected chi connectivity index (χ2v) is 4.76. The van der Waals surface area contributed by atoms with Crippen LogP contribution < -0.4 is 10.6 Å². The molecule has 0 saturated carbocycles. The van der Waals surface area contributed by atoms with Crippen molar-refractivity contribution in [1.29, 1.82) is 0 Å². The van der Waals surface area contributed by atoms with Crippen molar-refractivity contribution in [1.82, 2.24) is 10.2 Å². The predicted octanol–water partition coefficient (Wildman–Crippen LogP) is 2.13. The van der Waals surface area contributed by atoms with E-state index in [1.54, 1.807) is 43.4 Å². The number of nitrogens with two attached hydrogens (primary N) is 1. The molecule has 0 bridgehead atoms. The van der Waals surface area contributed by atoms with E-state index < -0.39 is 0 Å². The Morgan fingerprint density at radius 2 is 2.10 bits per heavy atom. The number of hydrogen-bond donors (Lipinski definition) is 3. The Labute approximate surface area is 120 Å². The molecule has 3 rings (SSSR count). The molecule has 0 spiro atoms. The zero-order chi connectivity index (χ0) is 15.0. The molecule has 0 atom stereocenters. The molecule has 1 aromatic heterocycles. The van der Waals surface area contributed by atoms with E-state index >= 15 is 0 Å². The molecule has 3 aromatic rings. The van der Waals surface area contributed by atoms with Crippen LogP contribution in [0.15, 0.2) is 42.5 Å². The molecule has 0 fully saturated rings. The fourth-order valence-corrected chi connectivity index (χ4v) is 2.17. The SMILES string of the molecule is CN(C(=O)c1n[nH]c2ccc(N)cc12)c1cccc(O)c1. The van der Waals surface area contributed by atoms with Crippen LogP contribution in [0.25, 0.3) is 10.9 Å². The number of benzene rings is 2. The summed E-state index contributed by atoms with van der Waals surface area (Å²) in [6.07, 6.45) is 0. The molecule has 6 nitrogen and oxygen atoms in total. The molecule has 4 N–H and O–H groups in total. The maximum absolute atomic E-state index is 12.6. The van der Waals surface area contributed by atoms with E-state index in [1.807, 2.05) is 0 Å². The van der Waals surface area contributed by atoms with E-state index in [-0.39, 0.29) is 11.7 Å². The zero-order valence-electron chi connectivity index (χ0n) is 11.4. The van der Waals surface area contributed by atoms with Gasteiger partial charge in [-0.3, -0.25) is 9.89 Å². The molecule has 21 heavy (non-hydrogen) atoms. The highest BCUT2D eigenvalue weighted by Gasteiger charge is 2.19. The molecule has 0 aliphatic carbocycles. The molecular formula is C15H14N4O2. The number of aromatic nitrogens is 2. The average molecular weight is 282 g/mol. The average Bonchev–Trinajstić information content (AvgIpc) is 2.88. The van der Waals surface area contributed by atoms with Gasteiger partial charge < -0.3 is 15.7 Å². The lowest BCUT2D eigenvalue weighted by Gasteiger charge is -2.16. The molecule has 0 aliphatic rings. The van der Waals surface area contributed by atoms with Crippen molar-refractivity contribution in [2.75, 3.05) is 17.7 Å². The number of carbonyl (C=O) groups is 1. The summed E-state index contributed by atoms with van der Waals surface area (Å²) in [5.74, 6) is -0.180. The molecule has 1 amide bonds. The summed E-state index contributed by atoms with van der Waals surface area (Å²) in [5, 5.41) is 17.1. The largest absolute Gasteiger partial charge is 0.508 e. The Hall–Kier alpha value is -3.02. The van der Waals surface area contributed by atoms with Gasteiger partial charge in [-0.15, -0.1) is 0 Å². The number of nitrogens with zero attached hydrogens (tertiary/aromatic N) is 2. The number of rotatable bonds is 2. The maximum atomic E-state index is 12.6. The molecule has 0 radical (unpaired) electrons. The van der Waals surface area contributed by atoms with Gasteiger partial charge in [-0.05, 0) is 30.3 Å². The van der Waals surface area contributed by atoms with Crippen LogP contribution in [0.3, 0.4) is 0 Å². The second-order valence-electron chi connectivity index (χ2n) is 4.76. The summed E-state index contributed by atoms with van der Waals surface area (Å²) < 4.78 is 0. The fraction of sp³-hybridized carbons (Fsp3) is 0.0667.